The first-order valence-electron chi connectivity index (χ1n) is 6.00. The number of rotatable bonds is 5. The lowest BCUT2D eigenvalue weighted by Gasteiger charge is -2.05. The molecule has 0 aliphatic heterocycles. The number of nitrogens with two attached hydrogens (primary N) is 1. The zero-order valence-electron chi connectivity index (χ0n) is 10.9. The summed E-state index contributed by atoms with van der Waals surface area (Å²) in [4.78, 5) is 15.9. The Morgan fingerprint density at radius 3 is 2.58 bits per heavy atom. The molecule has 2 aromatic rings. The molecule has 5 nitrogen and oxygen atoms in total. The van der Waals surface area contributed by atoms with Crippen molar-refractivity contribution in [2.24, 2.45) is 0 Å². The fourth-order valence-corrected chi connectivity index (χ4v) is 2.29. The minimum atomic E-state index is 0.0590. The van der Waals surface area contributed by atoms with E-state index in [2.05, 4.69) is 29.0 Å². The summed E-state index contributed by atoms with van der Waals surface area (Å²) < 4.78 is 0. The van der Waals surface area contributed by atoms with Crippen LogP contribution in [-0.2, 0) is 0 Å². The first-order valence-corrected chi connectivity index (χ1v) is 6.98. The fraction of sp³-hybridized carbons (Fsp3) is 0.308. The predicted octanol–water partition coefficient (Wildman–Crippen LogP) is 2.49. The van der Waals surface area contributed by atoms with Crippen molar-refractivity contribution < 1.29 is 4.79 Å². The number of H-pyrrole nitrogens is 1. The number of aromatic amines is 1. The number of thioether (sulfide) groups is 1. The van der Waals surface area contributed by atoms with Crippen molar-refractivity contribution in [3.8, 4) is 0 Å². The first kappa shape index (κ1) is 13.6. The highest BCUT2D eigenvalue weighted by molar-refractivity contribution is 7.99. The number of aromatic nitrogens is 3. The molecule has 19 heavy (non-hydrogen) atoms. The van der Waals surface area contributed by atoms with E-state index in [4.69, 9.17) is 5.73 Å². The van der Waals surface area contributed by atoms with Crippen molar-refractivity contribution in [1.82, 2.24) is 15.2 Å². The third kappa shape index (κ3) is 3.57. The van der Waals surface area contributed by atoms with E-state index in [-0.39, 0.29) is 11.7 Å². The number of carbonyl (C=O) groups excluding carboxylic acids is 1. The minimum absolute atomic E-state index is 0.0590. The second-order valence-electron chi connectivity index (χ2n) is 4.49. The van der Waals surface area contributed by atoms with E-state index in [1.807, 2.05) is 24.3 Å². The predicted molar refractivity (Wildman–Crippen MR) is 76.4 cm³/mol. The molecule has 2 rings (SSSR count). The molecule has 100 valence electrons. The van der Waals surface area contributed by atoms with E-state index in [0.29, 0.717) is 22.4 Å². The van der Waals surface area contributed by atoms with Gasteiger partial charge in [-0.1, -0.05) is 49.9 Å². The van der Waals surface area contributed by atoms with E-state index in [9.17, 15) is 4.79 Å². The third-order valence-corrected chi connectivity index (χ3v) is 3.56. The molecule has 0 saturated carbocycles. The van der Waals surface area contributed by atoms with Gasteiger partial charge in [-0.3, -0.25) is 4.79 Å². The van der Waals surface area contributed by atoms with Crippen LogP contribution in [0.5, 0.6) is 0 Å². The zero-order valence-corrected chi connectivity index (χ0v) is 11.7. The van der Waals surface area contributed by atoms with Gasteiger partial charge in [0.15, 0.2) is 5.78 Å². The molecule has 6 heteroatoms. The SMILES string of the molecule is CC(C)c1ccc(C(=O)CSc2n[nH]c(N)n2)cc1. The molecule has 0 saturated heterocycles. The number of ketones is 1. The Hall–Kier alpha value is -1.82. The lowest BCUT2D eigenvalue weighted by atomic mass is 10.0. The Balaban J connectivity index is 1.96. The van der Waals surface area contributed by atoms with Gasteiger partial charge in [-0.05, 0) is 11.5 Å². The number of carbonyl (C=O) groups is 1. The lowest BCUT2D eigenvalue weighted by Crippen LogP contribution is -2.03. The number of hydrogen-bond acceptors (Lipinski definition) is 5. The van der Waals surface area contributed by atoms with Gasteiger partial charge in [0.25, 0.3) is 0 Å². The standard InChI is InChI=1S/C13H16N4OS/c1-8(2)9-3-5-10(6-4-9)11(18)7-19-13-15-12(14)16-17-13/h3-6,8H,7H2,1-2H3,(H3,14,15,16,17). The second kappa shape index (κ2) is 5.88. The Labute approximate surface area is 116 Å². The van der Waals surface area contributed by atoms with Crippen LogP contribution in [0.3, 0.4) is 0 Å². The topological polar surface area (TPSA) is 84.7 Å². The normalized spacial score (nSPS) is 10.9. The summed E-state index contributed by atoms with van der Waals surface area (Å²) in [6.07, 6.45) is 0. The summed E-state index contributed by atoms with van der Waals surface area (Å²) in [7, 11) is 0. The van der Waals surface area contributed by atoms with Crippen molar-refractivity contribution in [2.45, 2.75) is 24.9 Å². The Kier molecular flexibility index (Phi) is 4.21. The first-order chi connectivity index (χ1) is 9.06. The Bertz CT molecular complexity index is 562. The molecule has 0 spiro atoms. The summed E-state index contributed by atoms with van der Waals surface area (Å²) in [5.74, 6) is 1.09. The number of anilines is 1. The molecule has 1 aromatic heterocycles. The summed E-state index contributed by atoms with van der Waals surface area (Å²) in [5, 5.41) is 6.90. The van der Waals surface area contributed by atoms with E-state index in [0.717, 1.165) is 0 Å². The number of benzene rings is 1. The molecule has 0 aliphatic rings. The van der Waals surface area contributed by atoms with Crippen LogP contribution in [0.15, 0.2) is 29.4 Å². The van der Waals surface area contributed by atoms with Crippen LogP contribution in [0.2, 0.25) is 0 Å². The summed E-state index contributed by atoms with van der Waals surface area (Å²) in [6.45, 7) is 4.25. The number of nitrogen functional groups attached to an aromatic ring is 1. The van der Waals surface area contributed by atoms with Crippen molar-refractivity contribution in [1.29, 1.82) is 0 Å². The smallest absolute Gasteiger partial charge is 0.216 e. The van der Waals surface area contributed by atoms with Crippen LogP contribution in [0.4, 0.5) is 5.95 Å². The number of nitrogens with one attached hydrogen (secondary N) is 1. The maximum Gasteiger partial charge on any atom is 0.216 e. The van der Waals surface area contributed by atoms with Gasteiger partial charge >= 0.3 is 0 Å². The molecule has 0 fully saturated rings. The summed E-state index contributed by atoms with van der Waals surface area (Å²) >= 11 is 1.27. The van der Waals surface area contributed by atoms with Crippen molar-refractivity contribution in [2.75, 3.05) is 11.5 Å². The van der Waals surface area contributed by atoms with Gasteiger partial charge in [-0.2, -0.15) is 4.98 Å². The maximum absolute atomic E-state index is 12.0. The molecule has 0 amide bonds. The van der Waals surface area contributed by atoms with Gasteiger partial charge in [0.05, 0.1) is 5.75 Å². The largest absolute Gasteiger partial charge is 0.368 e. The number of hydrogen-bond donors (Lipinski definition) is 2. The monoisotopic (exact) mass is 276 g/mol. The van der Waals surface area contributed by atoms with Gasteiger partial charge in [0.1, 0.15) is 0 Å². The minimum Gasteiger partial charge on any atom is -0.368 e. The van der Waals surface area contributed by atoms with Crippen LogP contribution in [0.25, 0.3) is 0 Å². The highest BCUT2D eigenvalue weighted by atomic mass is 32.2. The molecule has 1 aromatic carbocycles. The van der Waals surface area contributed by atoms with E-state index in [1.165, 1.54) is 17.3 Å². The lowest BCUT2D eigenvalue weighted by molar-refractivity contribution is 0.102. The van der Waals surface area contributed by atoms with Crippen LogP contribution < -0.4 is 5.73 Å². The molecule has 0 radical (unpaired) electrons. The van der Waals surface area contributed by atoms with Crippen LogP contribution >= 0.6 is 11.8 Å². The van der Waals surface area contributed by atoms with Crippen molar-refractivity contribution in [3.63, 3.8) is 0 Å². The second-order valence-corrected chi connectivity index (χ2v) is 5.43. The molecule has 0 bridgehead atoms. The average molecular weight is 276 g/mol. The summed E-state index contributed by atoms with van der Waals surface area (Å²) in [5.41, 5.74) is 7.35. The zero-order chi connectivity index (χ0) is 13.8. The van der Waals surface area contributed by atoms with Gasteiger partial charge in [-0.25, -0.2) is 5.10 Å². The third-order valence-electron chi connectivity index (χ3n) is 2.71. The summed E-state index contributed by atoms with van der Waals surface area (Å²) in [6, 6.07) is 7.72. The van der Waals surface area contributed by atoms with Crippen LogP contribution in [0, 0.1) is 0 Å². The molecular formula is C13H16N4OS. The van der Waals surface area contributed by atoms with Crippen molar-refractivity contribution >= 4 is 23.5 Å². The molecule has 0 aliphatic carbocycles. The number of Topliss-reactive ketones (excluding diaryl/α,β-unsaturated/α-hetero) is 1. The molecule has 1 heterocycles. The highest BCUT2D eigenvalue weighted by Gasteiger charge is 2.09. The van der Waals surface area contributed by atoms with Gasteiger partial charge < -0.3 is 5.73 Å². The molecule has 0 atom stereocenters. The molecule has 3 N–H and O–H groups in total. The quantitative estimate of drug-likeness (QED) is 0.647. The number of nitrogens with zero attached hydrogens (tertiary/aromatic N) is 2. The van der Waals surface area contributed by atoms with Crippen LogP contribution in [0.1, 0.15) is 35.7 Å². The van der Waals surface area contributed by atoms with Crippen LogP contribution in [-0.4, -0.2) is 26.7 Å². The van der Waals surface area contributed by atoms with Crippen molar-refractivity contribution in [3.05, 3.63) is 35.4 Å². The maximum atomic E-state index is 12.0. The Morgan fingerprint density at radius 1 is 1.37 bits per heavy atom. The van der Waals surface area contributed by atoms with E-state index < -0.39 is 0 Å². The fourth-order valence-electron chi connectivity index (χ4n) is 1.59. The Morgan fingerprint density at radius 2 is 2.05 bits per heavy atom. The van der Waals surface area contributed by atoms with Gasteiger partial charge in [0.2, 0.25) is 11.1 Å². The van der Waals surface area contributed by atoms with E-state index >= 15 is 0 Å². The highest BCUT2D eigenvalue weighted by Crippen LogP contribution is 2.18. The van der Waals surface area contributed by atoms with E-state index in [1.54, 1.807) is 0 Å². The van der Waals surface area contributed by atoms with Gasteiger partial charge in [-0.15, -0.1) is 5.10 Å². The molecule has 0 unspecified atom stereocenters. The average Bonchev–Trinajstić information content (AvgIpc) is 2.82. The molecular weight excluding hydrogens is 260 g/mol. The van der Waals surface area contributed by atoms with Gasteiger partial charge in [0, 0.05) is 5.56 Å².